The first kappa shape index (κ1) is 23.4. The first-order valence-electron chi connectivity index (χ1n) is 10.4. The number of anilines is 1. The van der Waals surface area contributed by atoms with Crippen LogP contribution in [0, 0.1) is 10.1 Å². The fraction of sp³-hybridized carbons (Fsp3) is 0.333. The van der Waals surface area contributed by atoms with Gasteiger partial charge >= 0.3 is 6.36 Å². The number of halogens is 3. The van der Waals surface area contributed by atoms with Gasteiger partial charge in [-0.3, -0.25) is 29.4 Å². The molecule has 1 aliphatic rings. The molecule has 34 heavy (non-hydrogen) atoms. The third-order valence-corrected chi connectivity index (χ3v) is 5.37. The number of nitrogens with one attached hydrogen (secondary N) is 1. The minimum absolute atomic E-state index is 0.0181. The number of nitro groups is 1. The number of carbonyl (C=O) groups is 1. The van der Waals surface area contributed by atoms with Crippen molar-refractivity contribution in [3.05, 3.63) is 58.8 Å². The summed E-state index contributed by atoms with van der Waals surface area (Å²) in [6.07, 6.45) is -3.16. The molecule has 13 heteroatoms. The van der Waals surface area contributed by atoms with Crippen LogP contribution in [0.5, 0.6) is 5.75 Å². The van der Waals surface area contributed by atoms with Crippen LogP contribution >= 0.6 is 0 Å². The smallest absolute Gasteiger partial charge is 0.406 e. The molecule has 0 atom stereocenters. The number of hydrogen-bond acceptors (Lipinski definition) is 7. The Kier molecular flexibility index (Phi) is 6.65. The van der Waals surface area contributed by atoms with Crippen LogP contribution in [-0.2, 0) is 11.5 Å². The van der Waals surface area contributed by atoms with E-state index >= 15 is 0 Å². The van der Waals surface area contributed by atoms with Gasteiger partial charge in [0.05, 0.1) is 29.9 Å². The van der Waals surface area contributed by atoms with Crippen LogP contribution in [0.2, 0.25) is 0 Å². The quantitative estimate of drug-likeness (QED) is 0.411. The molecule has 1 aliphatic heterocycles. The van der Waals surface area contributed by atoms with Gasteiger partial charge in [-0.25, -0.2) is 0 Å². The Bertz CT molecular complexity index is 1170. The minimum atomic E-state index is -4.77. The lowest BCUT2D eigenvalue weighted by Gasteiger charge is -2.34. The minimum Gasteiger partial charge on any atom is -0.406 e. The number of nitro benzene ring substituents is 1. The first-order chi connectivity index (χ1) is 16.2. The number of ether oxygens (including phenoxy) is 1. The molecule has 3 aromatic rings. The predicted octanol–water partition coefficient (Wildman–Crippen LogP) is 3.06. The van der Waals surface area contributed by atoms with E-state index in [4.69, 9.17) is 0 Å². The van der Waals surface area contributed by atoms with Gasteiger partial charge in [0.1, 0.15) is 5.75 Å². The summed E-state index contributed by atoms with van der Waals surface area (Å²) in [5.41, 5.74) is 1.20. The molecule has 0 spiro atoms. The molecule has 1 N–H and O–H groups in total. The lowest BCUT2D eigenvalue weighted by atomic mass is 10.2. The Morgan fingerprint density at radius 2 is 1.76 bits per heavy atom. The second-order valence-corrected chi connectivity index (χ2v) is 7.80. The van der Waals surface area contributed by atoms with Gasteiger partial charge in [0, 0.05) is 49.4 Å². The number of amides is 1. The molecule has 1 amide bonds. The van der Waals surface area contributed by atoms with Crippen molar-refractivity contribution in [3.8, 4) is 5.75 Å². The van der Waals surface area contributed by atoms with Gasteiger partial charge in [-0.1, -0.05) is 0 Å². The average molecular weight is 478 g/mol. The fourth-order valence-electron chi connectivity index (χ4n) is 3.72. The number of rotatable bonds is 7. The molecule has 0 saturated carbocycles. The van der Waals surface area contributed by atoms with Gasteiger partial charge < -0.3 is 10.1 Å². The molecule has 0 unspecified atom stereocenters. The van der Waals surface area contributed by atoms with Crippen molar-refractivity contribution in [2.45, 2.75) is 13.0 Å². The van der Waals surface area contributed by atoms with Gasteiger partial charge in [0.2, 0.25) is 5.91 Å². The van der Waals surface area contributed by atoms with Crippen LogP contribution in [0.15, 0.2) is 48.7 Å². The molecule has 10 nitrogen and oxygen atoms in total. The number of nitrogens with zero attached hydrogens (tertiary/aromatic N) is 5. The van der Waals surface area contributed by atoms with E-state index in [1.54, 1.807) is 16.9 Å². The highest BCUT2D eigenvalue weighted by Crippen LogP contribution is 2.24. The molecular weight excluding hydrogens is 457 g/mol. The van der Waals surface area contributed by atoms with Crippen LogP contribution in [0.3, 0.4) is 0 Å². The summed E-state index contributed by atoms with van der Waals surface area (Å²) in [5.74, 6) is -0.623. The maximum atomic E-state index is 12.3. The van der Waals surface area contributed by atoms with E-state index in [9.17, 15) is 28.1 Å². The number of hydrogen-bond donors (Lipinski definition) is 1. The number of carbonyl (C=O) groups excluding carboxylic acids is 1. The Morgan fingerprint density at radius 1 is 1.09 bits per heavy atom. The zero-order chi connectivity index (χ0) is 24.3. The zero-order valence-electron chi connectivity index (χ0n) is 17.9. The second-order valence-electron chi connectivity index (χ2n) is 7.80. The lowest BCUT2D eigenvalue weighted by molar-refractivity contribution is -0.384. The third-order valence-electron chi connectivity index (χ3n) is 5.37. The van der Waals surface area contributed by atoms with E-state index in [1.807, 2.05) is 4.90 Å². The highest BCUT2D eigenvalue weighted by atomic mass is 19.4. The van der Waals surface area contributed by atoms with Gasteiger partial charge in [0.25, 0.3) is 5.69 Å². The summed E-state index contributed by atoms with van der Waals surface area (Å²) >= 11 is 0. The van der Waals surface area contributed by atoms with Gasteiger partial charge in [0.15, 0.2) is 0 Å². The van der Waals surface area contributed by atoms with Crippen LogP contribution in [0.4, 0.5) is 24.5 Å². The van der Waals surface area contributed by atoms with Crippen molar-refractivity contribution in [2.75, 3.05) is 38.0 Å². The summed E-state index contributed by atoms with van der Waals surface area (Å²) < 4.78 is 42.3. The number of alkyl halides is 3. The monoisotopic (exact) mass is 478 g/mol. The van der Waals surface area contributed by atoms with E-state index in [0.717, 1.165) is 17.6 Å². The standard InChI is InChI=1S/C21H21F3N6O4/c22-21(23,24)34-18-4-1-16(2-5-18)26-20(31)13-27-7-9-28(10-8-27)14-29-19-6-3-17(30(32)33)11-15(19)12-25-29/h1-6,11-12H,7-10,13-14H2,(H,26,31). The summed E-state index contributed by atoms with van der Waals surface area (Å²) in [7, 11) is 0. The van der Waals surface area contributed by atoms with Gasteiger partial charge in [-0.15, -0.1) is 13.2 Å². The topological polar surface area (TPSA) is 106 Å². The number of aromatic nitrogens is 2. The highest BCUT2D eigenvalue weighted by Gasteiger charge is 2.31. The van der Waals surface area contributed by atoms with E-state index in [2.05, 4.69) is 20.1 Å². The van der Waals surface area contributed by atoms with Crippen molar-refractivity contribution in [3.63, 3.8) is 0 Å². The third kappa shape index (κ3) is 5.99. The predicted molar refractivity (Wildman–Crippen MR) is 116 cm³/mol. The molecule has 1 saturated heterocycles. The Hall–Kier alpha value is -3.71. The van der Waals surface area contributed by atoms with E-state index in [-0.39, 0.29) is 23.9 Å². The van der Waals surface area contributed by atoms with Gasteiger partial charge in [-0.05, 0) is 30.3 Å². The summed E-state index contributed by atoms with van der Waals surface area (Å²) in [5, 5.41) is 18.6. The molecular formula is C21H21F3N6O4. The van der Waals surface area contributed by atoms with Crippen molar-refractivity contribution in [1.82, 2.24) is 19.6 Å². The van der Waals surface area contributed by atoms with E-state index in [0.29, 0.717) is 43.9 Å². The first-order valence-corrected chi connectivity index (χ1v) is 10.4. The maximum Gasteiger partial charge on any atom is 0.573 e. The van der Waals surface area contributed by atoms with Crippen molar-refractivity contribution in [2.24, 2.45) is 0 Å². The van der Waals surface area contributed by atoms with Gasteiger partial charge in [-0.2, -0.15) is 5.10 Å². The average Bonchev–Trinajstić information content (AvgIpc) is 3.17. The Balaban J connectivity index is 1.24. The molecule has 1 aromatic heterocycles. The van der Waals surface area contributed by atoms with Crippen molar-refractivity contribution >= 4 is 28.2 Å². The van der Waals surface area contributed by atoms with Crippen LogP contribution in [-0.4, -0.2) is 69.5 Å². The zero-order valence-corrected chi connectivity index (χ0v) is 17.9. The largest absolute Gasteiger partial charge is 0.573 e. The second kappa shape index (κ2) is 9.65. The van der Waals surface area contributed by atoms with Crippen LogP contribution in [0.25, 0.3) is 10.9 Å². The van der Waals surface area contributed by atoms with Crippen LogP contribution < -0.4 is 10.1 Å². The summed E-state index contributed by atoms with van der Waals surface area (Å²) in [6.45, 7) is 3.37. The molecule has 1 fully saturated rings. The SMILES string of the molecule is O=C(CN1CCN(Cn2ncc3cc([N+](=O)[O-])ccc32)CC1)Nc1ccc(OC(F)(F)F)cc1. The number of non-ortho nitro benzene ring substituents is 1. The molecule has 0 radical (unpaired) electrons. The summed E-state index contributed by atoms with van der Waals surface area (Å²) in [4.78, 5) is 27.0. The summed E-state index contributed by atoms with van der Waals surface area (Å²) in [6, 6.07) is 9.60. The maximum absolute atomic E-state index is 12.3. The van der Waals surface area contributed by atoms with Crippen LogP contribution in [0.1, 0.15) is 0 Å². The number of piperazine rings is 1. The van der Waals surface area contributed by atoms with E-state index < -0.39 is 11.3 Å². The molecule has 4 rings (SSSR count). The molecule has 0 bridgehead atoms. The molecule has 2 heterocycles. The number of fused-ring (bicyclic) bond motifs is 1. The highest BCUT2D eigenvalue weighted by molar-refractivity contribution is 5.92. The normalized spacial score (nSPS) is 15.4. The Labute approximate surface area is 191 Å². The fourth-order valence-corrected chi connectivity index (χ4v) is 3.72. The van der Waals surface area contributed by atoms with Crippen molar-refractivity contribution < 1.29 is 27.6 Å². The Morgan fingerprint density at radius 3 is 2.41 bits per heavy atom. The van der Waals surface area contributed by atoms with E-state index in [1.165, 1.54) is 24.3 Å². The number of benzene rings is 2. The molecule has 180 valence electrons. The molecule has 0 aliphatic carbocycles. The van der Waals surface area contributed by atoms with Crippen molar-refractivity contribution in [1.29, 1.82) is 0 Å². The molecule has 2 aromatic carbocycles. The lowest BCUT2D eigenvalue weighted by Crippen LogP contribution is -2.48.